The second-order valence-electron chi connectivity index (χ2n) is 6.63. The highest BCUT2D eigenvalue weighted by atomic mass is 16.5. The highest BCUT2D eigenvalue weighted by Crippen LogP contribution is 2.34. The minimum atomic E-state index is 0.0512. The van der Waals surface area contributed by atoms with Gasteiger partial charge in [-0.1, -0.05) is 19.1 Å². The largest absolute Gasteiger partial charge is 0.495 e. The monoisotopic (exact) mass is 342 g/mol. The molecule has 0 aliphatic carbocycles. The number of methoxy groups -OCH3 is 1. The Morgan fingerprint density at radius 3 is 2.60 bits per heavy atom. The van der Waals surface area contributed by atoms with Gasteiger partial charge in [0, 0.05) is 17.3 Å². The lowest BCUT2D eigenvalue weighted by Gasteiger charge is -2.40. The zero-order valence-corrected chi connectivity index (χ0v) is 15.6. The number of para-hydroxylation sites is 2. The molecular weight excluding hydrogens is 316 g/mol. The maximum Gasteiger partial charge on any atom is 0.259 e. The first-order valence-electron chi connectivity index (χ1n) is 8.72. The Hall–Kier alpha value is -2.34. The van der Waals surface area contributed by atoms with Gasteiger partial charge < -0.3 is 4.74 Å². The van der Waals surface area contributed by atoms with E-state index >= 15 is 0 Å². The van der Waals surface area contributed by atoms with Gasteiger partial charge in [-0.25, -0.2) is 4.98 Å². The van der Waals surface area contributed by atoms with Crippen LogP contribution in [0, 0.1) is 6.92 Å². The summed E-state index contributed by atoms with van der Waals surface area (Å²) in [5.41, 5.74) is 2.56. The lowest BCUT2D eigenvalue weighted by atomic mass is 10.2. The van der Waals surface area contributed by atoms with E-state index in [0.717, 1.165) is 22.7 Å². The van der Waals surface area contributed by atoms with Crippen LogP contribution in [0.1, 0.15) is 32.0 Å². The second-order valence-corrected chi connectivity index (χ2v) is 6.63. The molecule has 0 atom stereocenters. The standard InChI is InChI=1S/C19H26N4O2/c1-6-15-14(4)20-19-22(16-9-7-8-10-17(16)25-5)11-21(13(2)3)12-23(19)18(15)24/h7-10,13H,6,11-12H2,1-5H3. The predicted molar refractivity (Wildman–Crippen MR) is 99.6 cm³/mol. The molecule has 0 bridgehead atoms. The molecule has 1 aromatic carbocycles. The third kappa shape index (κ3) is 3.02. The van der Waals surface area contributed by atoms with Crippen LogP contribution in [0.3, 0.4) is 0 Å². The molecule has 1 aromatic heterocycles. The van der Waals surface area contributed by atoms with Crippen molar-refractivity contribution in [2.75, 3.05) is 18.7 Å². The fraction of sp³-hybridized carbons (Fsp3) is 0.474. The summed E-state index contributed by atoms with van der Waals surface area (Å²) in [5.74, 6) is 1.45. The van der Waals surface area contributed by atoms with Gasteiger partial charge in [0.15, 0.2) is 0 Å². The number of ether oxygens (including phenoxy) is 1. The number of rotatable bonds is 4. The SMILES string of the molecule is CCc1c(C)nc2n(c1=O)CN(C(C)C)CN2c1ccccc1OC. The first kappa shape index (κ1) is 17.5. The normalized spacial score (nSPS) is 14.7. The summed E-state index contributed by atoms with van der Waals surface area (Å²) in [5, 5.41) is 0. The van der Waals surface area contributed by atoms with Crippen molar-refractivity contribution < 1.29 is 4.74 Å². The van der Waals surface area contributed by atoms with Crippen molar-refractivity contribution in [3.63, 3.8) is 0 Å². The molecule has 0 radical (unpaired) electrons. The van der Waals surface area contributed by atoms with Crippen molar-refractivity contribution >= 4 is 11.6 Å². The highest BCUT2D eigenvalue weighted by Gasteiger charge is 2.30. The van der Waals surface area contributed by atoms with E-state index in [-0.39, 0.29) is 5.56 Å². The Labute approximate surface area is 148 Å². The summed E-state index contributed by atoms with van der Waals surface area (Å²) in [6.45, 7) is 9.40. The first-order chi connectivity index (χ1) is 12.0. The molecule has 2 aromatic rings. The lowest BCUT2D eigenvalue weighted by molar-refractivity contribution is 0.155. The summed E-state index contributed by atoms with van der Waals surface area (Å²) < 4.78 is 7.32. The minimum Gasteiger partial charge on any atom is -0.495 e. The van der Waals surface area contributed by atoms with E-state index in [4.69, 9.17) is 9.72 Å². The van der Waals surface area contributed by atoms with E-state index in [1.807, 2.05) is 38.1 Å². The van der Waals surface area contributed by atoms with E-state index in [0.29, 0.717) is 31.7 Å². The van der Waals surface area contributed by atoms with Crippen LogP contribution in [-0.2, 0) is 13.1 Å². The van der Waals surface area contributed by atoms with Crippen molar-refractivity contribution in [2.45, 2.75) is 46.8 Å². The zero-order valence-electron chi connectivity index (χ0n) is 15.6. The number of aromatic nitrogens is 2. The molecule has 0 amide bonds. The maximum absolute atomic E-state index is 13.0. The summed E-state index contributed by atoms with van der Waals surface area (Å²) >= 11 is 0. The lowest BCUT2D eigenvalue weighted by Crippen LogP contribution is -2.50. The van der Waals surface area contributed by atoms with E-state index in [1.165, 1.54) is 0 Å². The number of hydrogen-bond donors (Lipinski definition) is 0. The van der Waals surface area contributed by atoms with Crippen molar-refractivity contribution in [3.8, 4) is 5.75 Å². The summed E-state index contributed by atoms with van der Waals surface area (Å²) in [7, 11) is 1.66. The van der Waals surface area contributed by atoms with Gasteiger partial charge in [-0.15, -0.1) is 0 Å². The molecule has 134 valence electrons. The molecule has 0 spiro atoms. The topological polar surface area (TPSA) is 50.6 Å². The van der Waals surface area contributed by atoms with Gasteiger partial charge in [-0.2, -0.15) is 0 Å². The molecule has 2 heterocycles. The Morgan fingerprint density at radius 2 is 1.96 bits per heavy atom. The predicted octanol–water partition coefficient (Wildman–Crippen LogP) is 2.90. The molecule has 6 nitrogen and oxygen atoms in total. The second kappa shape index (κ2) is 6.88. The molecule has 0 N–H and O–H groups in total. The van der Waals surface area contributed by atoms with Crippen molar-refractivity contribution in [1.29, 1.82) is 0 Å². The van der Waals surface area contributed by atoms with Crippen LogP contribution >= 0.6 is 0 Å². The fourth-order valence-corrected chi connectivity index (χ4v) is 3.26. The van der Waals surface area contributed by atoms with Crippen molar-refractivity contribution in [2.24, 2.45) is 0 Å². The van der Waals surface area contributed by atoms with Gasteiger partial charge in [-0.3, -0.25) is 19.2 Å². The number of aryl methyl sites for hydroxylation is 1. The molecule has 6 heteroatoms. The zero-order chi connectivity index (χ0) is 18.1. The van der Waals surface area contributed by atoms with Gasteiger partial charge in [0.25, 0.3) is 5.56 Å². The molecule has 1 aliphatic heterocycles. The van der Waals surface area contributed by atoms with Crippen molar-refractivity contribution in [1.82, 2.24) is 14.5 Å². The summed E-state index contributed by atoms with van der Waals surface area (Å²) in [6, 6.07) is 8.16. The molecule has 0 saturated heterocycles. The third-order valence-electron chi connectivity index (χ3n) is 4.80. The van der Waals surface area contributed by atoms with E-state index in [2.05, 4.69) is 23.6 Å². The minimum absolute atomic E-state index is 0.0512. The van der Waals surface area contributed by atoms with Crippen LogP contribution in [-0.4, -0.2) is 34.3 Å². The maximum atomic E-state index is 13.0. The van der Waals surface area contributed by atoms with E-state index in [1.54, 1.807) is 11.7 Å². The average molecular weight is 342 g/mol. The molecule has 3 rings (SSSR count). The third-order valence-corrected chi connectivity index (χ3v) is 4.80. The van der Waals surface area contributed by atoms with E-state index < -0.39 is 0 Å². The van der Waals surface area contributed by atoms with Gasteiger partial charge in [-0.05, 0) is 39.3 Å². The number of anilines is 2. The quantitative estimate of drug-likeness (QED) is 0.855. The van der Waals surface area contributed by atoms with Crippen LogP contribution in [0.2, 0.25) is 0 Å². The van der Waals surface area contributed by atoms with Crippen LogP contribution < -0.4 is 15.2 Å². The molecular formula is C19H26N4O2. The Morgan fingerprint density at radius 1 is 1.24 bits per heavy atom. The molecule has 0 saturated carbocycles. The van der Waals surface area contributed by atoms with Crippen molar-refractivity contribution in [3.05, 3.63) is 45.9 Å². The van der Waals surface area contributed by atoms with E-state index in [9.17, 15) is 4.79 Å². The van der Waals surface area contributed by atoms with Gasteiger partial charge >= 0.3 is 0 Å². The van der Waals surface area contributed by atoms with Gasteiger partial charge in [0.05, 0.1) is 26.1 Å². The smallest absolute Gasteiger partial charge is 0.259 e. The van der Waals surface area contributed by atoms with Crippen LogP contribution in [0.5, 0.6) is 5.75 Å². The van der Waals surface area contributed by atoms with Crippen LogP contribution in [0.15, 0.2) is 29.1 Å². The number of nitrogens with zero attached hydrogens (tertiary/aromatic N) is 4. The average Bonchev–Trinajstić information content (AvgIpc) is 2.61. The fourth-order valence-electron chi connectivity index (χ4n) is 3.26. The molecule has 0 unspecified atom stereocenters. The number of fused-ring (bicyclic) bond motifs is 1. The van der Waals surface area contributed by atoms with Gasteiger partial charge in [0.1, 0.15) is 5.75 Å². The Bertz CT molecular complexity index is 829. The van der Waals surface area contributed by atoms with Gasteiger partial charge in [0.2, 0.25) is 5.95 Å². The highest BCUT2D eigenvalue weighted by molar-refractivity contribution is 5.66. The summed E-state index contributed by atoms with van der Waals surface area (Å²) in [4.78, 5) is 22.1. The molecule has 0 fully saturated rings. The molecule has 1 aliphatic rings. The number of benzene rings is 1. The first-order valence-corrected chi connectivity index (χ1v) is 8.72. The molecule has 25 heavy (non-hydrogen) atoms. The Balaban J connectivity index is 2.22. The van der Waals surface area contributed by atoms with Crippen LogP contribution in [0.25, 0.3) is 0 Å². The number of hydrogen-bond acceptors (Lipinski definition) is 5. The Kier molecular flexibility index (Phi) is 4.81. The summed E-state index contributed by atoms with van der Waals surface area (Å²) in [6.07, 6.45) is 0.689. The van der Waals surface area contributed by atoms with Crippen LogP contribution in [0.4, 0.5) is 11.6 Å².